The predicted molar refractivity (Wildman–Crippen MR) is 91.1 cm³/mol. The normalized spacial score (nSPS) is 14.3. The summed E-state index contributed by atoms with van der Waals surface area (Å²) >= 11 is 0. The third-order valence-electron chi connectivity index (χ3n) is 4.44. The molecule has 1 amide bonds. The number of rotatable bonds is 4. The number of nitrogens with one attached hydrogen (secondary N) is 1. The molecule has 3 aromatic heterocycles. The van der Waals surface area contributed by atoms with Gasteiger partial charge in [0.2, 0.25) is 0 Å². The monoisotopic (exact) mass is 324 g/mol. The highest BCUT2D eigenvalue weighted by molar-refractivity contribution is 6.12. The largest absolute Gasteiger partial charge is 0.305 e. The first-order valence-corrected chi connectivity index (χ1v) is 8.26. The van der Waals surface area contributed by atoms with Crippen LogP contribution in [-0.2, 0) is 13.6 Å². The Hall–Kier alpha value is -2.70. The van der Waals surface area contributed by atoms with E-state index in [0.717, 1.165) is 41.8 Å². The number of hydrogen-bond donors (Lipinski definition) is 1. The molecule has 0 atom stereocenters. The van der Waals surface area contributed by atoms with Crippen molar-refractivity contribution in [2.24, 2.45) is 7.05 Å². The smallest absolute Gasteiger partial charge is 0.257 e. The first-order valence-electron chi connectivity index (χ1n) is 8.26. The summed E-state index contributed by atoms with van der Waals surface area (Å²) in [5.74, 6) is 0.860. The van der Waals surface area contributed by atoms with Crippen LogP contribution < -0.4 is 5.32 Å². The van der Waals surface area contributed by atoms with Gasteiger partial charge in [-0.1, -0.05) is 0 Å². The summed E-state index contributed by atoms with van der Waals surface area (Å²) in [4.78, 5) is 17.6. The van der Waals surface area contributed by atoms with Crippen LogP contribution in [0, 0.1) is 6.92 Å². The Kier molecular flexibility index (Phi) is 3.37. The second-order valence-corrected chi connectivity index (χ2v) is 6.29. The van der Waals surface area contributed by atoms with E-state index in [4.69, 9.17) is 4.98 Å². The summed E-state index contributed by atoms with van der Waals surface area (Å²) in [6, 6.07) is 3.72. The number of amides is 1. The summed E-state index contributed by atoms with van der Waals surface area (Å²) in [7, 11) is 1.86. The zero-order valence-electron chi connectivity index (χ0n) is 14.1. The molecule has 1 fully saturated rings. The zero-order chi connectivity index (χ0) is 16.8. The number of carbonyl (C=O) groups is 1. The summed E-state index contributed by atoms with van der Waals surface area (Å²) < 4.78 is 3.53. The van der Waals surface area contributed by atoms with Gasteiger partial charge < -0.3 is 5.32 Å². The standard InChI is InChI=1S/C17H20N6O/c1-4-23-8-7-14(21-23)19-17(24)12-9-13(11-5-6-11)18-16-15(12)10(2)20-22(16)3/h7-9,11H,4-6H2,1-3H3,(H,19,21,24). The van der Waals surface area contributed by atoms with Crippen molar-refractivity contribution >= 4 is 22.8 Å². The van der Waals surface area contributed by atoms with Crippen molar-refractivity contribution in [3.63, 3.8) is 0 Å². The molecule has 1 aliphatic rings. The minimum atomic E-state index is -0.165. The number of pyridine rings is 1. The molecule has 0 saturated heterocycles. The molecule has 7 heteroatoms. The number of anilines is 1. The van der Waals surface area contributed by atoms with Gasteiger partial charge in [-0.05, 0) is 32.8 Å². The summed E-state index contributed by atoms with van der Waals surface area (Å²) in [6.07, 6.45) is 4.12. The fourth-order valence-electron chi connectivity index (χ4n) is 3.02. The molecule has 1 aliphatic carbocycles. The lowest BCUT2D eigenvalue weighted by Gasteiger charge is -2.07. The minimum Gasteiger partial charge on any atom is -0.305 e. The van der Waals surface area contributed by atoms with E-state index in [1.807, 2.05) is 33.2 Å². The second kappa shape index (κ2) is 5.43. The van der Waals surface area contributed by atoms with Gasteiger partial charge in [-0.3, -0.25) is 14.2 Å². The van der Waals surface area contributed by atoms with Gasteiger partial charge in [-0.25, -0.2) is 4.98 Å². The van der Waals surface area contributed by atoms with E-state index in [2.05, 4.69) is 15.5 Å². The van der Waals surface area contributed by atoms with Crippen LogP contribution in [0.1, 0.15) is 47.4 Å². The zero-order valence-corrected chi connectivity index (χ0v) is 14.1. The van der Waals surface area contributed by atoms with Crippen LogP contribution in [0.4, 0.5) is 5.82 Å². The molecule has 0 radical (unpaired) electrons. The SMILES string of the molecule is CCn1ccc(NC(=O)c2cc(C3CC3)nc3c2c(C)nn3C)n1. The van der Waals surface area contributed by atoms with Gasteiger partial charge >= 0.3 is 0 Å². The van der Waals surface area contributed by atoms with Crippen molar-refractivity contribution in [1.82, 2.24) is 24.5 Å². The lowest BCUT2D eigenvalue weighted by molar-refractivity contribution is 0.102. The molecule has 0 aliphatic heterocycles. The maximum Gasteiger partial charge on any atom is 0.257 e. The Labute approximate surface area is 139 Å². The van der Waals surface area contributed by atoms with Gasteiger partial charge in [0, 0.05) is 37.5 Å². The molecule has 4 rings (SSSR count). The van der Waals surface area contributed by atoms with Gasteiger partial charge in [0.1, 0.15) is 0 Å². The summed E-state index contributed by atoms with van der Waals surface area (Å²) in [5, 5.41) is 12.5. The van der Waals surface area contributed by atoms with Gasteiger partial charge in [-0.15, -0.1) is 0 Å². The molecule has 3 aromatic rings. The van der Waals surface area contributed by atoms with Crippen molar-refractivity contribution in [2.75, 3.05) is 5.32 Å². The van der Waals surface area contributed by atoms with Crippen molar-refractivity contribution in [2.45, 2.75) is 39.2 Å². The number of hydrogen-bond acceptors (Lipinski definition) is 4. The van der Waals surface area contributed by atoms with Gasteiger partial charge in [-0.2, -0.15) is 10.2 Å². The van der Waals surface area contributed by atoms with Crippen LogP contribution in [0.25, 0.3) is 11.0 Å². The Morgan fingerprint density at radius 3 is 2.83 bits per heavy atom. The van der Waals surface area contributed by atoms with Crippen molar-refractivity contribution in [1.29, 1.82) is 0 Å². The number of fused-ring (bicyclic) bond motifs is 1. The molecular formula is C17H20N6O. The molecular weight excluding hydrogens is 304 g/mol. The molecule has 0 unspecified atom stereocenters. The van der Waals surface area contributed by atoms with Gasteiger partial charge in [0.15, 0.2) is 11.5 Å². The Balaban J connectivity index is 1.77. The lowest BCUT2D eigenvalue weighted by atomic mass is 10.1. The van der Waals surface area contributed by atoms with E-state index < -0.39 is 0 Å². The first kappa shape index (κ1) is 14.9. The highest BCUT2D eigenvalue weighted by Gasteiger charge is 2.28. The number of carbonyl (C=O) groups excluding carboxylic acids is 1. The Morgan fingerprint density at radius 2 is 2.17 bits per heavy atom. The number of nitrogens with zero attached hydrogens (tertiary/aromatic N) is 5. The molecule has 0 bridgehead atoms. The highest BCUT2D eigenvalue weighted by atomic mass is 16.1. The van der Waals surface area contributed by atoms with Crippen LogP contribution in [0.5, 0.6) is 0 Å². The van der Waals surface area contributed by atoms with E-state index in [9.17, 15) is 4.79 Å². The molecule has 0 spiro atoms. The quantitative estimate of drug-likeness (QED) is 0.800. The van der Waals surface area contributed by atoms with Crippen molar-refractivity contribution < 1.29 is 4.79 Å². The van der Waals surface area contributed by atoms with E-state index >= 15 is 0 Å². The van der Waals surface area contributed by atoms with Crippen molar-refractivity contribution in [3.8, 4) is 0 Å². The molecule has 1 N–H and O–H groups in total. The summed E-state index contributed by atoms with van der Waals surface area (Å²) in [6.45, 7) is 4.68. The van der Waals surface area contributed by atoms with Crippen LogP contribution in [0.15, 0.2) is 18.3 Å². The van der Waals surface area contributed by atoms with Crippen molar-refractivity contribution in [3.05, 3.63) is 35.3 Å². The second-order valence-electron chi connectivity index (χ2n) is 6.29. The van der Waals surface area contributed by atoms with E-state index in [0.29, 0.717) is 17.3 Å². The molecule has 124 valence electrons. The van der Waals surface area contributed by atoms with Crippen LogP contribution in [0.3, 0.4) is 0 Å². The van der Waals surface area contributed by atoms with E-state index in [-0.39, 0.29) is 5.91 Å². The van der Waals surface area contributed by atoms with Crippen LogP contribution in [0.2, 0.25) is 0 Å². The number of aromatic nitrogens is 5. The average Bonchev–Trinajstić information content (AvgIpc) is 3.26. The van der Waals surface area contributed by atoms with Crippen LogP contribution in [-0.4, -0.2) is 30.5 Å². The topological polar surface area (TPSA) is 77.6 Å². The average molecular weight is 324 g/mol. The minimum absolute atomic E-state index is 0.165. The Bertz CT molecular complexity index is 934. The molecule has 1 saturated carbocycles. The molecule has 0 aromatic carbocycles. The maximum atomic E-state index is 12.9. The van der Waals surface area contributed by atoms with Crippen LogP contribution >= 0.6 is 0 Å². The van der Waals surface area contributed by atoms with E-state index in [1.54, 1.807) is 15.4 Å². The fourth-order valence-corrected chi connectivity index (χ4v) is 3.02. The number of aryl methyl sites for hydroxylation is 3. The first-order chi connectivity index (χ1) is 11.6. The van der Waals surface area contributed by atoms with Gasteiger partial charge in [0.25, 0.3) is 5.91 Å². The Morgan fingerprint density at radius 1 is 1.38 bits per heavy atom. The molecule has 7 nitrogen and oxygen atoms in total. The predicted octanol–water partition coefficient (Wildman–Crippen LogP) is 2.62. The third-order valence-corrected chi connectivity index (χ3v) is 4.44. The highest BCUT2D eigenvalue weighted by Crippen LogP contribution is 2.40. The van der Waals surface area contributed by atoms with E-state index in [1.165, 1.54) is 0 Å². The fraction of sp³-hybridized carbons (Fsp3) is 0.412. The maximum absolute atomic E-state index is 12.9. The third kappa shape index (κ3) is 2.46. The molecule has 24 heavy (non-hydrogen) atoms. The summed E-state index contributed by atoms with van der Waals surface area (Å²) in [5.41, 5.74) is 3.18. The van der Waals surface area contributed by atoms with Gasteiger partial charge in [0.05, 0.1) is 16.6 Å². The molecule has 3 heterocycles. The lowest BCUT2D eigenvalue weighted by Crippen LogP contribution is -2.14.